The number of esters is 2. The van der Waals surface area contributed by atoms with Gasteiger partial charge in [-0.2, -0.15) is 0 Å². The van der Waals surface area contributed by atoms with Crippen LogP contribution in [0.2, 0.25) is 0 Å². The molecule has 1 aromatic carbocycles. The first kappa shape index (κ1) is 20.5. The monoisotopic (exact) mass is 350 g/mol. The lowest BCUT2D eigenvalue weighted by Gasteiger charge is -2.07. The summed E-state index contributed by atoms with van der Waals surface area (Å²) in [6, 6.07) is 7.49. The Morgan fingerprint density at radius 2 is 1.56 bits per heavy atom. The molecular formula is C19H26O6. The van der Waals surface area contributed by atoms with E-state index in [-0.39, 0.29) is 19.0 Å². The predicted molar refractivity (Wildman–Crippen MR) is 93.7 cm³/mol. The van der Waals surface area contributed by atoms with E-state index < -0.39 is 5.97 Å². The van der Waals surface area contributed by atoms with Gasteiger partial charge in [-0.15, -0.1) is 0 Å². The van der Waals surface area contributed by atoms with Crippen molar-refractivity contribution in [2.24, 2.45) is 0 Å². The minimum atomic E-state index is -0.537. The van der Waals surface area contributed by atoms with Gasteiger partial charge in [-0.25, -0.2) is 4.79 Å². The fourth-order valence-corrected chi connectivity index (χ4v) is 1.97. The number of hydrogen-bond donors (Lipinski definition) is 0. The highest BCUT2D eigenvalue weighted by atomic mass is 16.5. The molecule has 0 atom stereocenters. The number of carbonyl (C=O) groups is 2. The second kappa shape index (κ2) is 12.9. The van der Waals surface area contributed by atoms with Gasteiger partial charge in [0.2, 0.25) is 0 Å². The molecular weight excluding hydrogens is 324 g/mol. The molecule has 0 heterocycles. The molecule has 0 spiro atoms. The molecule has 0 radical (unpaired) electrons. The van der Waals surface area contributed by atoms with Crippen LogP contribution in [0.1, 0.15) is 32.1 Å². The molecule has 0 aliphatic rings. The first-order chi connectivity index (χ1) is 12.2. The van der Waals surface area contributed by atoms with E-state index in [1.165, 1.54) is 0 Å². The highest BCUT2D eigenvalue weighted by Gasteiger charge is 2.04. The number of methoxy groups -OCH3 is 1. The normalized spacial score (nSPS) is 9.96. The van der Waals surface area contributed by atoms with Crippen molar-refractivity contribution in [1.82, 2.24) is 0 Å². The largest absolute Gasteiger partial charge is 0.497 e. The molecule has 0 fully saturated rings. The van der Waals surface area contributed by atoms with Gasteiger partial charge in [0.05, 0.1) is 26.7 Å². The quantitative estimate of drug-likeness (QED) is 0.309. The van der Waals surface area contributed by atoms with Gasteiger partial charge in [0.1, 0.15) is 18.1 Å². The van der Waals surface area contributed by atoms with Crippen molar-refractivity contribution in [2.75, 3.05) is 26.9 Å². The zero-order chi connectivity index (χ0) is 18.3. The second-order valence-electron chi connectivity index (χ2n) is 5.28. The van der Waals surface area contributed by atoms with Crippen molar-refractivity contribution in [1.29, 1.82) is 0 Å². The lowest BCUT2D eigenvalue weighted by Crippen LogP contribution is -2.11. The first-order valence-electron chi connectivity index (χ1n) is 8.37. The molecule has 6 heteroatoms. The molecule has 6 nitrogen and oxygen atoms in total. The summed E-state index contributed by atoms with van der Waals surface area (Å²) in [5, 5.41) is 0. The van der Waals surface area contributed by atoms with E-state index in [2.05, 4.69) is 6.58 Å². The molecule has 0 unspecified atom stereocenters. The SMILES string of the molecule is C=CC(=O)OCCC(=O)OCCCCCCOc1ccc(OC)cc1. The molecule has 1 rings (SSSR count). The number of unbranched alkanes of at least 4 members (excludes halogenated alkanes) is 3. The van der Waals surface area contributed by atoms with Gasteiger partial charge in [0, 0.05) is 6.08 Å². The Morgan fingerprint density at radius 3 is 2.20 bits per heavy atom. The molecule has 0 aliphatic carbocycles. The van der Waals surface area contributed by atoms with Crippen LogP contribution in [0.25, 0.3) is 0 Å². The maximum absolute atomic E-state index is 11.4. The van der Waals surface area contributed by atoms with Crippen LogP contribution in [0, 0.1) is 0 Å². The average molecular weight is 350 g/mol. The fraction of sp³-hybridized carbons (Fsp3) is 0.474. The van der Waals surface area contributed by atoms with Gasteiger partial charge in [0.25, 0.3) is 0 Å². The van der Waals surface area contributed by atoms with Crippen LogP contribution in [0.3, 0.4) is 0 Å². The summed E-state index contributed by atoms with van der Waals surface area (Å²) in [4.78, 5) is 22.2. The highest BCUT2D eigenvalue weighted by Crippen LogP contribution is 2.17. The van der Waals surface area contributed by atoms with Gasteiger partial charge in [0.15, 0.2) is 0 Å². The van der Waals surface area contributed by atoms with Crippen molar-refractivity contribution in [2.45, 2.75) is 32.1 Å². The number of rotatable bonds is 13. The minimum absolute atomic E-state index is 0.0202. The number of ether oxygens (including phenoxy) is 4. The van der Waals surface area contributed by atoms with E-state index >= 15 is 0 Å². The summed E-state index contributed by atoms with van der Waals surface area (Å²) in [5.41, 5.74) is 0. The van der Waals surface area contributed by atoms with E-state index in [1.807, 2.05) is 24.3 Å². The Balaban J connectivity index is 1.93. The number of hydrogen-bond acceptors (Lipinski definition) is 6. The number of benzene rings is 1. The highest BCUT2D eigenvalue weighted by molar-refractivity contribution is 5.81. The van der Waals surface area contributed by atoms with Gasteiger partial charge in [-0.1, -0.05) is 6.58 Å². The van der Waals surface area contributed by atoms with Gasteiger partial charge < -0.3 is 18.9 Å². The van der Waals surface area contributed by atoms with Crippen LogP contribution in [0.15, 0.2) is 36.9 Å². The number of carbonyl (C=O) groups excluding carboxylic acids is 2. The molecule has 0 bridgehead atoms. The van der Waals surface area contributed by atoms with E-state index in [4.69, 9.17) is 18.9 Å². The van der Waals surface area contributed by atoms with Crippen LogP contribution in [-0.2, 0) is 19.1 Å². The predicted octanol–water partition coefficient (Wildman–Crippen LogP) is 3.30. The lowest BCUT2D eigenvalue weighted by molar-refractivity contribution is -0.147. The maximum Gasteiger partial charge on any atom is 0.330 e. The third-order valence-electron chi connectivity index (χ3n) is 3.35. The summed E-state index contributed by atoms with van der Waals surface area (Å²) in [6.45, 7) is 4.33. The van der Waals surface area contributed by atoms with Gasteiger partial charge in [-0.05, 0) is 49.9 Å². The van der Waals surface area contributed by atoms with E-state index in [0.29, 0.717) is 13.2 Å². The molecule has 138 valence electrons. The third-order valence-corrected chi connectivity index (χ3v) is 3.35. The fourth-order valence-electron chi connectivity index (χ4n) is 1.97. The van der Waals surface area contributed by atoms with Gasteiger partial charge in [-0.3, -0.25) is 4.79 Å². The Bertz CT molecular complexity index is 523. The Kier molecular flexibility index (Phi) is 10.6. The molecule has 25 heavy (non-hydrogen) atoms. The summed E-state index contributed by atoms with van der Waals surface area (Å²) >= 11 is 0. The van der Waals surface area contributed by atoms with Crippen molar-refractivity contribution in [3.05, 3.63) is 36.9 Å². The molecule has 0 aromatic heterocycles. The Hall–Kier alpha value is -2.50. The van der Waals surface area contributed by atoms with Crippen LogP contribution in [-0.4, -0.2) is 38.9 Å². The second-order valence-corrected chi connectivity index (χ2v) is 5.28. The molecule has 0 amide bonds. The molecule has 0 saturated heterocycles. The standard InChI is InChI=1S/C19H26O6/c1-3-18(20)25-15-12-19(21)24-14-7-5-4-6-13-23-17-10-8-16(22-2)9-11-17/h3,8-11H,1,4-7,12-15H2,2H3. The van der Waals surface area contributed by atoms with Crippen LogP contribution >= 0.6 is 0 Å². The summed E-state index contributed by atoms with van der Waals surface area (Å²) < 4.78 is 20.5. The molecule has 0 N–H and O–H groups in total. The van der Waals surface area contributed by atoms with Gasteiger partial charge >= 0.3 is 11.9 Å². The van der Waals surface area contributed by atoms with E-state index in [0.717, 1.165) is 43.3 Å². The van der Waals surface area contributed by atoms with E-state index in [9.17, 15) is 9.59 Å². The molecule has 1 aromatic rings. The maximum atomic E-state index is 11.4. The average Bonchev–Trinajstić information content (AvgIpc) is 2.64. The minimum Gasteiger partial charge on any atom is -0.497 e. The third kappa shape index (κ3) is 10.1. The smallest absolute Gasteiger partial charge is 0.330 e. The first-order valence-corrected chi connectivity index (χ1v) is 8.37. The van der Waals surface area contributed by atoms with Crippen molar-refractivity contribution >= 4 is 11.9 Å². The van der Waals surface area contributed by atoms with Crippen LogP contribution in [0.5, 0.6) is 11.5 Å². The van der Waals surface area contributed by atoms with Crippen LogP contribution in [0.4, 0.5) is 0 Å². The Morgan fingerprint density at radius 1 is 0.920 bits per heavy atom. The summed E-state index contributed by atoms with van der Waals surface area (Å²) in [5.74, 6) is 0.733. The molecule has 0 aliphatic heterocycles. The van der Waals surface area contributed by atoms with Crippen molar-refractivity contribution < 1.29 is 28.5 Å². The topological polar surface area (TPSA) is 71.1 Å². The Labute approximate surface area is 148 Å². The lowest BCUT2D eigenvalue weighted by atomic mass is 10.2. The van der Waals surface area contributed by atoms with E-state index in [1.54, 1.807) is 7.11 Å². The van der Waals surface area contributed by atoms with Crippen molar-refractivity contribution in [3.8, 4) is 11.5 Å². The van der Waals surface area contributed by atoms with Crippen molar-refractivity contribution in [3.63, 3.8) is 0 Å². The zero-order valence-corrected chi connectivity index (χ0v) is 14.7. The zero-order valence-electron chi connectivity index (χ0n) is 14.7. The summed E-state index contributed by atoms with van der Waals surface area (Å²) in [6.07, 6.45) is 4.84. The molecule has 0 saturated carbocycles. The summed E-state index contributed by atoms with van der Waals surface area (Å²) in [7, 11) is 1.63. The van der Waals surface area contributed by atoms with Crippen LogP contribution < -0.4 is 9.47 Å².